The van der Waals surface area contributed by atoms with Crippen molar-refractivity contribution >= 4 is 0 Å². The van der Waals surface area contributed by atoms with Gasteiger partial charge in [0.2, 0.25) is 0 Å². The molecule has 61 heavy (non-hydrogen) atoms. The Hall–Kier alpha value is -0.440. The van der Waals surface area contributed by atoms with Gasteiger partial charge in [-0.3, -0.25) is 0 Å². The lowest BCUT2D eigenvalue weighted by Gasteiger charge is -2.52. The third kappa shape index (κ3) is 10.1. The second-order valence-electron chi connectivity index (χ2n) is 21.8. The zero-order valence-electron chi connectivity index (χ0n) is 41.8. The fourth-order valence-electron chi connectivity index (χ4n) is 11.4. The van der Waals surface area contributed by atoms with Crippen LogP contribution in [0.5, 0.6) is 0 Å². The van der Waals surface area contributed by atoms with Gasteiger partial charge in [0, 0.05) is 65.1 Å². The average Bonchev–Trinajstić information content (AvgIpc) is 3.21. The molecular formula is C50H90O11. The highest BCUT2D eigenvalue weighted by atomic mass is 16.7. The predicted molar refractivity (Wildman–Crippen MR) is 235 cm³/mol. The SMILES string of the molecule is CC1C(C)[C@H](C)C(C)O[C@H]1OC1C(C)[C@H](OC2C(C)[C@@H](OC3C(C)[C@H](OC4C(C)[C@H](OC5C(C)[C@H](C)OC(C)[C@H]5C)OC(C)[C@H]4C)OC(C)[C@H]3C)OC(C)[C@H]2C)OC(C)[C@H]1C. The zero-order chi connectivity index (χ0) is 45.1. The van der Waals surface area contributed by atoms with Crippen LogP contribution in [0.1, 0.15) is 138 Å². The van der Waals surface area contributed by atoms with Gasteiger partial charge < -0.3 is 52.1 Å². The molecule has 0 saturated carbocycles. The van der Waals surface area contributed by atoms with Gasteiger partial charge in [0.1, 0.15) is 0 Å². The molecule has 0 N–H and O–H groups in total. The fourth-order valence-corrected chi connectivity index (χ4v) is 11.4. The Labute approximate surface area is 371 Å². The quantitative estimate of drug-likeness (QED) is 0.210. The van der Waals surface area contributed by atoms with Crippen LogP contribution in [0.3, 0.4) is 0 Å². The summed E-state index contributed by atoms with van der Waals surface area (Å²) < 4.78 is 74.7. The Morgan fingerprint density at radius 1 is 0.180 bits per heavy atom. The molecule has 0 amide bonds. The van der Waals surface area contributed by atoms with E-state index in [1.54, 1.807) is 0 Å². The van der Waals surface area contributed by atoms with Gasteiger partial charge in [-0.25, -0.2) is 0 Å². The van der Waals surface area contributed by atoms with E-state index in [1.165, 1.54) is 0 Å². The van der Waals surface area contributed by atoms with Crippen molar-refractivity contribution < 1.29 is 52.1 Å². The van der Waals surface area contributed by atoms with Gasteiger partial charge in [-0.15, -0.1) is 0 Å². The fraction of sp³-hybridized carbons (Fsp3) is 1.00. The van der Waals surface area contributed by atoms with Crippen LogP contribution >= 0.6 is 0 Å². The minimum absolute atomic E-state index is 0.00327. The molecule has 6 aliphatic rings. The Morgan fingerprint density at radius 3 is 0.607 bits per heavy atom. The molecule has 6 aliphatic heterocycles. The number of ether oxygens (including phenoxy) is 11. The molecule has 0 aromatic carbocycles. The lowest BCUT2D eigenvalue weighted by atomic mass is 9.79. The van der Waals surface area contributed by atoms with Gasteiger partial charge in [0.05, 0.1) is 73.2 Å². The minimum Gasteiger partial charge on any atom is -0.375 e. The van der Waals surface area contributed by atoms with E-state index in [9.17, 15) is 0 Å². The summed E-state index contributed by atoms with van der Waals surface area (Å²) in [6, 6.07) is 0. The summed E-state index contributed by atoms with van der Waals surface area (Å²) in [4.78, 5) is 0. The van der Waals surface area contributed by atoms with Crippen molar-refractivity contribution in [1.82, 2.24) is 0 Å². The van der Waals surface area contributed by atoms with Crippen LogP contribution in [0.4, 0.5) is 0 Å². The lowest BCUT2D eigenvalue weighted by Crippen LogP contribution is -2.59. The topological polar surface area (TPSA) is 102 Å². The summed E-state index contributed by atoms with van der Waals surface area (Å²) in [6.45, 7) is 44.1. The Balaban J connectivity index is 1.13. The van der Waals surface area contributed by atoms with Gasteiger partial charge in [-0.2, -0.15) is 0 Å². The summed E-state index contributed by atoms with van der Waals surface area (Å²) in [5.74, 6) is 2.19. The first-order chi connectivity index (χ1) is 28.5. The van der Waals surface area contributed by atoms with Crippen LogP contribution in [0, 0.1) is 76.9 Å². The van der Waals surface area contributed by atoms with Crippen molar-refractivity contribution in [3.63, 3.8) is 0 Å². The zero-order valence-corrected chi connectivity index (χ0v) is 41.8. The molecule has 0 aromatic heterocycles. The first-order valence-corrected chi connectivity index (χ1v) is 24.7. The van der Waals surface area contributed by atoms with Crippen molar-refractivity contribution in [3.05, 3.63) is 0 Å². The summed E-state index contributed by atoms with van der Waals surface area (Å²) >= 11 is 0. The second kappa shape index (κ2) is 20.2. The van der Waals surface area contributed by atoms with E-state index in [2.05, 4.69) is 138 Å². The molecule has 6 fully saturated rings. The van der Waals surface area contributed by atoms with Gasteiger partial charge in [0.25, 0.3) is 0 Å². The van der Waals surface area contributed by atoms with Crippen LogP contribution < -0.4 is 0 Å². The van der Waals surface area contributed by atoms with Gasteiger partial charge >= 0.3 is 0 Å². The summed E-state index contributed by atoms with van der Waals surface area (Å²) in [5, 5.41) is 0. The van der Waals surface area contributed by atoms with E-state index >= 15 is 0 Å². The molecule has 0 aliphatic carbocycles. The second-order valence-corrected chi connectivity index (χ2v) is 21.8. The molecule has 6 heterocycles. The van der Waals surface area contributed by atoms with E-state index in [-0.39, 0.29) is 139 Å². The smallest absolute Gasteiger partial charge is 0.163 e. The van der Waals surface area contributed by atoms with Crippen molar-refractivity contribution in [1.29, 1.82) is 0 Å². The Bertz CT molecular complexity index is 1370. The summed E-state index contributed by atoms with van der Waals surface area (Å²) in [6.07, 6.45) is -2.42. The molecule has 356 valence electrons. The first-order valence-electron chi connectivity index (χ1n) is 24.7. The van der Waals surface area contributed by atoms with Gasteiger partial charge in [0.15, 0.2) is 31.5 Å². The predicted octanol–water partition coefficient (Wildman–Crippen LogP) is 9.71. The molecule has 11 heteroatoms. The summed E-state index contributed by atoms with van der Waals surface area (Å²) in [7, 11) is 0. The molecule has 0 aromatic rings. The number of rotatable bonds is 10. The van der Waals surface area contributed by atoms with Crippen LogP contribution in [-0.2, 0) is 52.1 Å². The lowest BCUT2D eigenvalue weighted by molar-refractivity contribution is -0.362. The van der Waals surface area contributed by atoms with Crippen molar-refractivity contribution in [3.8, 4) is 0 Å². The standard InChI is InChI=1S/C50H90O11/c1-21-22(2)34(14)52-46(23(21)3)58-42-26(6)37(17)54-48(30(42)10)60-44-28(8)39(19)56-50(32(44)12)61-45-29(9)40(20)55-49(33(45)13)59-43-27(7)38(18)53-47(31(43)11)57-41-24(4)35(15)51-36(16)25(41)5/h21-50H,1-20H3/t21?,22-,23?,24+,25?,26+,27+,28+,29+,30?,31?,32?,33?,34?,35?,36-,37?,38?,39?,40?,41?,42?,43?,44?,45?,46-,47-,48-,49-,50+/m0/s1. The maximum atomic E-state index is 7.16. The van der Waals surface area contributed by atoms with Crippen LogP contribution in [0.25, 0.3) is 0 Å². The average molecular weight is 867 g/mol. The first kappa shape index (κ1) is 50.0. The monoisotopic (exact) mass is 867 g/mol. The van der Waals surface area contributed by atoms with Crippen molar-refractivity contribution in [2.24, 2.45) is 76.9 Å². The molecular weight excluding hydrogens is 777 g/mol. The molecule has 0 bridgehead atoms. The Morgan fingerprint density at radius 2 is 0.361 bits per heavy atom. The van der Waals surface area contributed by atoms with E-state index in [0.29, 0.717) is 17.8 Å². The molecule has 0 spiro atoms. The molecule has 0 radical (unpaired) electrons. The van der Waals surface area contributed by atoms with Gasteiger partial charge in [-0.1, -0.05) is 90.0 Å². The Kier molecular flexibility index (Phi) is 16.5. The molecule has 6 rings (SSSR count). The third-order valence-corrected chi connectivity index (χ3v) is 17.8. The van der Waals surface area contributed by atoms with E-state index in [1.807, 2.05) is 0 Å². The molecule has 18 unspecified atom stereocenters. The largest absolute Gasteiger partial charge is 0.375 e. The highest BCUT2D eigenvalue weighted by Gasteiger charge is 2.53. The maximum Gasteiger partial charge on any atom is 0.163 e. The minimum atomic E-state index is -0.479. The van der Waals surface area contributed by atoms with Crippen LogP contribution in [0.15, 0.2) is 0 Å². The normalized spacial score (nSPS) is 57.4. The third-order valence-electron chi connectivity index (χ3n) is 17.8. The number of hydrogen-bond acceptors (Lipinski definition) is 11. The van der Waals surface area contributed by atoms with E-state index < -0.39 is 25.2 Å². The van der Waals surface area contributed by atoms with Crippen LogP contribution in [-0.4, -0.2) is 105 Å². The van der Waals surface area contributed by atoms with Gasteiger partial charge in [-0.05, 0) is 60.3 Å². The maximum absolute atomic E-state index is 7.16. The summed E-state index contributed by atoms with van der Waals surface area (Å²) in [5.41, 5.74) is 0. The van der Waals surface area contributed by atoms with Crippen LogP contribution in [0.2, 0.25) is 0 Å². The highest BCUT2D eigenvalue weighted by Crippen LogP contribution is 2.45. The van der Waals surface area contributed by atoms with E-state index in [0.717, 1.165) is 0 Å². The highest BCUT2D eigenvalue weighted by molar-refractivity contribution is 4.94. The van der Waals surface area contributed by atoms with Crippen molar-refractivity contribution in [2.75, 3.05) is 0 Å². The molecule has 6 saturated heterocycles. The molecule has 30 atom stereocenters. The van der Waals surface area contributed by atoms with E-state index in [4.69, 9.17) is 52.1 Å². The molecule has 11 nitrogen and oxygen atoms in total. The van der Waals surface area contributed by atoms with Crippen molar-refractivity contribution in [2.45, 2.75) is 243 Å². The number of hydrogen-bond donors (Lipinski definition) is 0.